The van der Waals surface area contributed by atoms with Crippen LogP contribution in [0.25, 0.3) is 0 Å². The fourth-order valence-corrected chi connectivity index (χ4v) is 2.41. The molecule has 0 spiro atoms. The fraction of sp³-hybridized carbons (Fsp3) is 1.00. The van der Waals surface area contributed by atoms with E-state index in [4.69, 9.17) is 0 Å². The van der Waals surface area contributed by atoms with Crippen LogP contribution in [0, 0.1) is 0 Å². The van der Waals surface area contributed by atoms with Gasteiger partial charge in [-0.15, -0.1) is 0 Å². The Bertz CT molecular complexity index is 190. The number of hydrogen-bond acceptors (Lipinski definition) is 2. The van der Waals surface area contributed by atoms with Gasteiger partial charge in [0.15, 0.2) is 0 Å². The molecule has 3 heteroatoms. The van der Waals surface area contributed by atoms with Gasteiger partial charge in [-0.3, -0.25) is 4.90 Å². The maximum absolute atomic E-state index is 12.6. The largest absolute Gasteiger partial charge is 0.310 e. The molecular formula is C11H21FN2. The quantitative estimate of drug-likeness (QED) is 0.743. The first kappa shape index (κ1) is 10.4. The van der Waals surface area contributed by atoms with Gasteiger partial charge in [0.05, 0.1) is 0 Å². The number of alkyl halides is 1. The summed E-state index contributed by atoms with van der Waals surface area (Å²) in [4.78, 5) is 2.49. The summed E-state index contributed by atoms with van der Waals surface area (Å²) in [5, 5.41) is 3.55. The molecule has 0 aromatic rings. The molecule has 1 atom stereocenters. The van der Waals surface area contributed by atoms with Gasteiger partial charge >= 0.3 is 0 Å². The number of nitrogens with zero attached hydrogens (tertiary/aromatic N) is 1. The molecule has 82 valence electrons. The van der Waals surface area contributed by atoms with Gasteiger partial charge in [-0.2, -0.15) is 0 Å². The van der Waals surface area contributed by atoms with Crippen LogP contribution in [0.2, 0.25) is 0 Å². The minimum atomic E-state index is -0.532. The number of likely N-dealkylation sites (tertiary alicyclic amines) is 1. The molecule has 0 amide bonds. The van der Waals surface area contributed by atoms with Crippen LogP contribution in [0.4, 0.5) is 4.39 Å². The molecule has 14 heavy (non-hydrogen) atoms. The van der Waals surface area contributed by atoms with E-state index in [1.807, 2.05) is 0 Å². The Labute approximate surface area is 85.9 Å². The molecule has 1 saturated heterocycles. The Morgan fingerprint density at radius 1 is 1.29 bits per heavy atom. The summed E-state index contributed by atoms with van der Waals surface area (Å²) in [5.41, 5.74) is 0. The SMILES string of the molecule is CC(C)N1CC[C@H](NC2CC(F)C2)C1. The predicted octanol–water partition coefficient (Wildman–Crippen LogP) is 1.56. The molecule has 2 fully saturated rings. The van der Waals surface area contributed by atoms with E-state index in [-0.39, 0.29) is 0 Å². The molecule has 0 radical (unpaired) electrons. The summed E-state index contributed by atoms with van der Waals surface area (Å²) < 4.78 is 12.6. The highest BCUT2D eigenvalue weighted by molar-refractivity contribution is 4.91. The second-order valence-corrected chi connectivity index (χ2v) is 5.01. The van der Waals surface area contributed by atoms with Crippen LogP contribution in [0.5, 0.6) is 0 Å². The van der Waals surface area contributed by atoms with E-state index >= 15 is 0 Å². The van der Waals surface area contributed by atoms with Crippen molar-refractivity contribution in [1.82, 2.24) is 10.2 Å². The zero-order valence-corrected chi connectivity index (χ0v) is 9.17. The lowest BCUT2D eigenvalue weighted by Crippen LogP contribution is -2.48. The lowest BCUT2D eigenvalue weighted by Gasteiger charge is -2.33. The van der Waals surface area contributed by atoms with E-state index in [9.17, 15) is 4.39 Å². The van der Waals surface area contributed by atoms with Gasteiger partial charge in [-0.1, -0.05) is 0 Å². The maximum atomic E-state index is 12.6. The van der Waals surface area contributed by atoms with Crippen molar-refractivity contribution >= 4 is 0 Å². The van der Waals surface area contributed by atoms with E-state index < -0.39 is 6.17 Å². The van der Waals surface area contributed by atoms with Crippen LogP contribution in [0.1, 0.15) is 33.1 Å². The number of rotatable bonds is 3. The molecule has 0 aromatic heterocycles. The lowest BCUT2D eigenvalue weighted by molar-refractivity contribution is 0.145. The molecule has 1 aliphatic heterocycles. The summed E-state index contributed by atoms with van der Waals surface area (Å²) in [5.74, 6) is 0. The average molecular weight is 200 g/mol. The molecule has 2 nitrogen and oxygen atoms in total. The van der Waals surface area contributed by atoms with Crippen molar-refractivity contribution < 1.29 is 4.39 Å². The third-order valence-corrected chi connectivity index (χ3v) is 3.50. The smallest absolute Gasteiger partial charge is 0.103 e. The average Bonchev–Trinajstić information content (AvgIpc) is 2.50. The summed E-state index contributed by atoms with van der Waals surface area (Å²) in [6, 6.07) is 1.72. The second kappa shape index (κ2) is 4.15. The van der Waals surface area contributed by atoms with Crippen molar-refractivity contribution in [3.8, 4) is 0 Å². The zero-order valence-electron chi connectivity index (χ0n) is 9.17. The maximum Gasteiger partial charge on any atom is 0.103 e. The molecular weight excluding hydrogens is 179 g/mol. The first-order valence-electron chi connectivity index (χ1n) is 5.79. The molecule has 1 heterocycles. The minimum absolute atomic E-state index is 0.460. The van der Waals surface area contributed by atoms with Crippen molar-refractivity contribution in [1.29, 1.82) is 0 Å². The van der Waals surface area contributed by atoms with Gasteiger partial charge in [-0.25, -0.2) is 4.39 Å². The van der Waals surface area contributed by atoms with Crippen molar-refractivity contribution in [3.05, 3.63) is 0 Å². The molecule has 1 aliphatic carbocycles. The lowest BCUT2D eigenvalue weighted by atomic mass is 9.90. The van der Waals surface area contributed by atoms with Crippen LogP contribution < -0.4 is 5.32 Å². The Kier molecular flexibility index (Phi) is 3.07. The first-order chi connectivity index (χ1) is 6.65. The molecule has 1 saturated carbocycles. The van der Waals surface area contributed by atoms with Crippen molar-refractivity contribution in [2.24, 2.45) is 0 Å². The van der Waals surface area contributed by atoms with E-state index in [0.29, 0.717) is 18.1 Å². The summed E-state index contributed by atoms with van der Waals surface area (Å²) >= 11 is 0. The Morgan fingerprint density at radius 3 is 2.50 bits per heavy atom. The Morgan fingerprint density at radius 2 is 2.00 bits per heavy atom. The highest BCUT2D eigenvalue weighted by atomic mass is 19.1. The van der Waals surface area contributed by atoms with Crippen molar-refractivity contribution in [2.45, 2.75) is 57.4 Å². The van der Waals surface area contributed by atoms with Gasteiger partial charge in [0, 0.05) is 24.7 Å². The molecule has 2 aliphatic rings. The zero-order chi connectivity index (χ0) is 10.1. The van der Waals surface area contributed by atoms with Crippen LogP contribution in [0.3, 0.4) is 0 Å². The topological polar surface area (TPSA) is 15.3 Å². The van der Waals surface area contributed by atoms with Crippen LogP contribution >= 0.6 is 0 Å². The molecule has 0 bridgehead atoms. The summed E-state index contributed by atoms with van der Waals surface area (Å²) in [6.45, 7) is 6.82. The molecule has 1 N–H and O–H groups in total. The monoisotopic (exact) mass is 200 g/mol. The van der Waals surface area contributed by atoms with Crippen LogP contribution in [-0.2, 0) is 0 Å². The van der Waals surface area contributed by atoms with Gasteiger partial charge in [0.2, 0.25) is 0 Å². The molecule has 2 rings (SSSR count). The first-order valence-corrected chi connectivity index (χ1v) is 5.79. The third-order valence-electron chi connectivity index (χ3n) is 3.50. The van der Waals surface area contributed by atoms with E-state index in [0.717, 1.165) is 19.4 Å². The number of halogens is 1. The summed E-state index contributed by atoms with van der Waals surface area (Å²) in [6.07, 6.45) is 2.16. The van der Waals surface area contributed by atoms with E-state index in [1.54, 1.807) is 0 Å². The standard InChI is InChI=1S/C11H21FN2/c1-8(2)14-4-3-10(7-14)13-11-5-9(12)6-11/h8-11,13H,3-7H2,1-2H3/t9?,10-,11?/m0/s1. The normalized spacial score (nSPS) is 39.0. The minimum Gasteiger partial charge on any atom is -0.310 e. The van der Waals surface area contributed by atoms with E-state index in [1.165, 1.54) is 13.0 Å². The van der Waals surface area contributed by atoms with Gasteiger partial charge in [0.1, 0.15) is 6.17 Å². The van der Waals surface area contributed by atoms with Gasteiger partial charge < -0.3 is 5.32 Å². The molecule has 0 unspecified atom stereocenters. The highest BCUT2D eigenvalue weighted by Crippen LogP contribution is 2.24. The van der Waals surface area contributed by atoms with E-state index in [2.05, 4.69) is 24.1 Å². The van der Waals surface area contributed by atoms with Crippen LogP contribution in [0.15, 0.2) is 0 Å². The highest BCUT2D eigenvalue weighted by Gasteiger charge is 2.32. The predicted molar refractivity (Wildman–Crippen MR) is 56.2 cm³/mol. The molecule has 0 aromatic carbocycles. The van der Waals surface area contributed by atoms with Crippen molar-refractivity contribution in [3.63, 3.8) is 0 Å². The summed E-state index contributed by atoms with van der Waals surface area (Å²) in [7, 11) is 0. The second-order valence-electron chi connectivity index (χ2n) is 5.01. The van der Waals surface area contributed by atoms with Crippen LogP contribution in [-0.4, -0.2) is 42.3 Å². The van der Waals surface area contributed by atoms with Gasteiger partial charge in [-0.05, 0) is 39.7 Å². The number of nitrogens with one attached hydrogen (secondary N) is 1. The fourth-order valence-electron chi connectivity index (χ4n) is 2.41. The number of hydrogen-bond donors (Lipinski definition) is 1. The Balaban J connectivity index is 1.69. The van der Waals surface area contributed by atoms with Gasteiger partial charge in [0.25, 0.3) is 0 Å². The Hall–Kier alpha value is -0.150. The third kappa shape index (κ3) is 2.26. The van der Waals surface area contributed by atoms with Crippen molar-refractivity contribution in [2.75, 3.05) is 13.1 Å².